The zero-order chi connectivity index (χ0) is 28.9. The fraction of sp³-hybridized carbons (Fsp3) is 0.300. The summed E-state index contributed by atoms with van der Waals surface area (Å²) < 4.78 is 28.3. The zero-order valence-electron chi connectivity index (χ0n) is 22.8. The van der Waals surface area contributed by atoms with E-state index < -0.39 is 22.0 Å². The first-order valence-corrected chi connectivity index (χ1v) is 14.9. The third-order valence-corrected chi connectivity index (χ3v) is 9.33. The highest BCUT2D eigenvalue weighted by Crippen LogP contribution is 2.30. The zero-order valence-corrected chi connectivity index (χ0v) is 24.4. The number of amides is 2. The van der Waals surface area contributed by atoms with Crippen LogP contribution in [0.5, 0.6) is 0 Å². The average Bonchev–Trinajstić information content (AvgIpc) is 3.48. The lowest BCUT2D eigenvalue weighted by Crippen LogP contribution is -2.48. The summed E-state index contributed by atoms with van der Waals surface area (Å²) >= 11 is 6.18. The van der Waals surface area contributed by atoms with E-state index >= 15 is 0 Å². The van der Waals surface area contributed by atoms with Crippen molar-refractivity contribution in [3.63, 3.8) is 0 Å². The lowest BCUT2D eigenvalue weighted by atomic mass is 10.1. The quantitative estimate of drug-likeness (QED) is 0.375. The Balaban J connectivity index is 1.55. The van der Waals surface area contributed by atoms with Crippen LogP contribution >= 0.6 is 11.6 Å². The van der Waals surface area contributed by atoms with Gasteiger partial charge in [-0.3, -0.25) is 18.9 Å². The van der Waals surface area contributed by atoms with Gasteiger partial charge < -0.3 is 10.2 Å². The Kier molecular flexibility index (Phi) is 9.27. The predicted octanol–water partition coefficient (Wildman–Crippen LogP) is 4.54. The molecule has 0 unspecified atom stereocenters. The number of pyridine rings is 1. The molecule has 0 spiro atoms. The molecule has 1 N–H and O–H groups in total. The van der Waals surface area contributed by atoms with Crippen molar-refractivity contribution in [1.82, 2.24) is 15.2 Å². The van der Waals surface area contributed by atoms with Crippen LogP contribution in [0.1, 0.15) is 35.1 Å². The minimum absolute atomic E-state index is 0.115. The summed E-state index contributed by atoms with van der Waals surface area (Å²) in [4.78, 5) is 32.2. The Morgan fingerprint density at radius 2 is 1.75 bits per heavy atom. The Hall–Kier alpha value is -3.69. The van der Waals surface area contributed by atoms with Crippen LogP contribution in [-0.4, -0.2) is 56.3 Å². The summed E-state index contributed by atoms with van der Waals surface area (Å²) in [5.41, 5.74) is 3.03. The van der Waals surface area contributed by atoms with Gasteiger partial charge in [-0.1, -0.05) is 29.8 Å². The van der Waals surface area contributed by atoms with E-state index in [1.807, 2.05) is 12.1 Å². The second-order valence-corrected chi connectivity index (χ2v) is 12.2. The van der Waals surface area contributed by atoms with Gasteiger partial charge in [-0.05, 0) is 85.4 Å². The lowest BCUT2D eigenvalue weighted by Gasteiger charge is -2.24. The number of likely N-dealkylation sites (tertiary alicyclic amines) is 1. The number of halogens is 1. The van der Waals surface area contributed by atoms with Gasteiger partial charge in [0, 0.05) is 50.1 Å². The first-order chi connectivity index (χ1) is 19.1. The number of hydrogen-bond acceptors (Lipinski definition) is 5. The van der Waals surface area contributed by atoms with Crippen molar-refractivity contribution >= 4 is 45.2 Å². The Morgan fingerprint density at radius 3 is 2.45 bits per heavy atom. The van der Waals surface area contributed by atoms with E-state index in [9.17, 15) is 18.0 Å². The molecular weight excluding hydrogens is 548 g/mol. The number of anilines is 1. The summed E-state index contributed by atoms with van der Waals surface area (Å²) in [6.07, 6.45) is 8.43. The van der Waals surface area contributed by atoms with Crippen molar-refractivity contribution in [1.29, 1.82) is 0 Å². The molecule has 1 saturated heterocycles. The molecule has 1 fully saturated rings. The molecule has 0 radical (unpaired) electrons. The molecule has 2 heterocycles. The number of nitrogens with one attached hydrogen (secondary N) is 1. The third-order valence-electron chi connectivity index (χ3n) is 7.01. The molecule has 1 aromatic heterocycles. The fourth-order valence-corrected chi connectivity index (χ4v) is 6.45. The number of benzene rings is 2. The highest BCUT2D eigenvalue weighted by Gasteiger charge is 2.28. The van der Waals surface area contributed by atoms with Crippen LogP contribution in [0.4, 0.5) is 5.69 Å². The molecule has 8 nitrogen and oxygen atoms in total. The molecule has 0 aliphatic carbocycles. The molecule has 1 aliphatic rings. The SMILES string of the molecule is Cc1cc(S(=O)(=O)N(C)c2ccccc2/C=C/C(=O)N[C@H](Cc2ccncc2)C(=O)N2CCCC2)c(C)cc1Cl. The molecule has 2 amide bonds. The van der Waals surface area contributed by atoms with Crippen LogP contribution in [0.2, 0.25) is 5.02 Å². The van der Waals surface area contributed by atoms with Crippen LogP contribution < -0.4 is 9.62 Å². The standard InChI is InChI=1S/C30H33ClN4O4S/c1-21-19-28(22(2)18-25(21)31)40(38,39)34(3)27-9-5-4-8-24(27)10-11-29(36)33-26(20-23-12-14-32-15-13-23)30(37)35-16-6-7-17-35/h4-5,8-15,18-19,26H,6-7,16-17,20H2,1-3H3,(H,33,36)/b11-10+/t26-/m1/s1. The summed E-state index contributed by atoms with van der Waals surface area (Å²) in [5.74, 6) is -0.563. The molecule has 0 saturated carbocycles. The van der Waals surface area contributed by atoms with E-state index in [0.717, 1.165) is 18.4 Å². The molecule has 0 bridgehead atoms. The minimum Gasteiger partial charge on any atom is -0.341 e. The van der Waals surface area contributed by atoms with Crippen LogP contribution in [0, 0.1) is 13.8 Å². The number of carbonyl (C=O) groups is 2. The maximum Gasteiger partial charge on any atom is 0.264 e. The number of sulfonamides is 1. The highest BCUT2D eigenvalue weighted by atomic mass is 35.5. The summed E-state index contributed by atoms with van der Waals surface area (Å²) in [6.45, 7) is 4.82. The van der Waals surface area contributed by atoms with Gasteiger partial charge in [0.05, 0.1) is 10.6 Å². The second-order valence-electron chi connectivity index (χ2n) is 9.88. The Labute approximate surface area is 240 Å². The Bertz CT molecular complexity index is 1520. The highest BCUT2D eigenvalue weighted by molar-refractivity contribution is 7.92. The third kappa shape index (κ3) is 6.71. The second kappa shape index (κ2) is 12.7. The van der Waals surface area contributed by atoms with Gasteiger partial charge in [-0.15, -0.1) is 0 Å². The van der Waals surface area contributed by atoms with Gasteiger partial charge in [0.25, 0.3) is 10.0 Å². The van der Waals surface area contributed by atoms with E-state index in [4.69, 9.17) is 11.6 Å². The van der Waals surface area contributed by atoms with Crippen molar-refractivity contribution in [2.75, 3.05) is 24.4 Å². The molecule has 3 aromatic rings. The number of rotatable bonds is 9. The number of nitrogens with zero attached hydrogens (tertiary/aromatic N) is 3. The van der Waals surface area contributed by atoms with Gasteiger partial charge in [0.2, 0.25) is 11.8 Å². The number of aryl methyl sites for hydroxylation is 2. The molecule has 4 rings (SSSR count). The first kappa shape index (κ1) is 29.3. The number of hydrogen-bond donors (Lipinski definition) is 1. The largest absolute Gasteiger partial charge is 0.341 e. The summed E-state index contributed by atoms with van der Waals surface area (Å²) in [6, 6.07) is 13.0. The van der Waals surface area contributed by atoms with Gasteiger partial charge >= 0.3 is 0 Å². The topological polar surface area (TPSA) is 99.7 Å². The van der Waals surface area contributed by atoms with Crippen LogP contribution in [-0.2, 0) is 26.0 Å². The number of para-hydroxylation sites is 1. The number of aromatic nitrogens is 1. The van der Waals surface area contributed by atoms with Crippen molar-refractivity contribution in [3.8, 4) is 0 Å². The van der Waals surface area contributed by atoms with E-state index in [0.29, 0.717) is 46.9 Å². The number of carbonyl (C=O) groups excluding carboxylic acids is 2. The molecule has 2 aromatic carbocycles. The normalized spacial score (nSPS) is 14.3. The monoisotopic (exact) mass is 580 g/mol. The molecule has 40 heavy (non-hydrogen) atoms. The summed E-state index contributed by atoms with van der Waals surface area (Å²) in [7, 11) is -2.44. The van der Waals surface area contributed by atoms with Crippen molar-refractivity contribution in [2.24, 2.45) is 0 Å². The molecule has 1 atom stereocenters. The van der Waals surface area contributed by atoms with Crippen LogP contribution in [0.25, 0.3) is 6.08 Å². The average molecular weight is 581 g/mol. The molecule has 210 valence electrons. The van der Waals surface area contributed by atoms with Crippen molar-refractivity contribution in [2.45, 2.75) is 44.0 Å². The lowest BCUT2D eigenvalue weighted by molar-refractivity contribution is -0.134. The molecule has 10 heteroatoms. The molecular formula is C30H33ClN4O4S. The van der Waals surface area contributed by atoms with Crippen molar-refractivity contribution in [3.05, 3.63) is 94.3 Å². The van der Waals surface area contributed by atoms with E-state index in [-0.39, 0.29) is 10.8 Å². The van der Waals surface area contributed by atoms with Gasteiger partial charge in [0.1, 0.15) is 6.04 Å². The maximum atomic E-state index is 13.6. The van der Waals surface area contributed by atoms with Gasteiger partial charge in [0.15, 0.2) is 0 Å². The first-order valence-electron chi connectivity index (χ1n) is 13.1. The van der Waals surface area contributed by atoms with E-state index in [2.05, 4.69) is 10.3 Å². The van der Waals surface area contributed by atoms with Crippen LogP contribution in [0.15, 0.2) is 71.9 Å². The van der Waals surface area contributed by atoms with E-state index in [1.165, 1.54) is 17.4 Å². The summed E-state index contributed by atoms with van der Waals surface area (Å²) in [5, 5.41) is 3.35. The van der Waals surface area contributed by atoms with E-state index in [1.54, 1.807) is 73.6 Å². The predicted molar refractivity (Wildman–Crippen MR) is 158 cm³/mol. The molecule has 1 aliphatic heterocycles. The van der Waals surface area contributed by atoms with Crippen molar-refractivity contribution < 1.29 is 18.0 Å². The maximum absolute atomic E-state index is 13.6. The fourth-order valence-electron chi connectivity index (χ4n) is 4.72. The Morgan fingerprint density at radius 1 is 1.07 bits per heavy atom. The van der Waals surface area contributed by atoms with Crippen LogP contribution in [0.3, 0.4) is 0 Å². The van der Waals surface area contributed by atoms with Gasteiger partial charge in [-0.25, -0.2) is 8.42 Å². The smallest absolute Gasteiger partial charge is 0.264 e. The minimum atomic E-state index is -3.91. The van der Waals surface area contributed by atoms with Gasteiger partial charge in [-0.2, -0.15) is 0 Å².